The molecule has 2 aromatic rings. The van der Waals surface area contributed by atoms with Crippen LogP contribution in [-0.2, 0) is 6.42 Å². The molecule has 0 bridgehead atoms. The van der Waals surface area contributed by atoms with E-state index in [-0.39, 0.29) is 0 Å². The topological polar surface area (TPSA) is 69.6 Å². The number of nitrogens with two attached hydrogens (primary N) is 1. The summed E-state index contributed by atoms with van der Waals surface area (Å²) in [6.07, 6.45) is 7.13. The van der Waals surface area contributed by atoms with Crippen molar-refractivity contribution in [3.63, 3.8) is 0 Å². The van der Waals surface area contributed by atoms with Crippen molar-refractivity contribution >= 4 is 5.82 Å². The molecule has 0 aliphatic rings. The van der Waals surface area contributed by atoms with Crippen LogP contribution in [-0.4, -0.2) is 19.5 Å². The van der Waals surface area contributed by atoms with E-state index in [1.165, 1.54) is 0 Å². The molecule has 0 amide bonds. The fraction of sp³-hybridized carbons (Fsp3) is 0.364. The molecule has 0 atom stereocenters. The molecule has 2 N–H and O–H groups in total. The molecule has 5 heteroatoms. The van der Waals surface area contributed by atoms with Crippen LogP contribution in [0.15, 0.2) is 18.7 Å². The second-order valence-corrected chi connectivity index (χ2v) is 3.69. The van der Waals surface area contributed by atoms with E-state index < -0.39 is 0 Å². The summed E-state index contributed by atoms with van der Waals surface area (Å²) in [7, 11) is 0. The minimum atomic E-state index is 0.544. The smallest absolute Gasteiger partial charge is 0.146 e. The maximum atomic E-state index is 5.87. The van der Waals surface area contributed by atoms with Crippen LogP contribution in [0, 0.1) is 6.92 Å². The van der Waals surface area contributed by atoms with Gasteiger partial charge in [0.15, 0.2) is 0 Å². The van der Waals surface area contributed by atoms with E-state index in [2.05, 4.69) is 21.9 Å². The third kappa shape index (κ3) is 1.88. The number of hydrogen-bond donors (Lipinski definition) is 1. The Bertz CT molecular complexity index is 475. The Morgan fingerprint density at radius 1 is 1.38 bits per heavy atom. The number of nitrogen functional groups attached to an aromatic ring is 1. The lowest BCUT2D eigenvalue weighted by Gasteiger charge is -2.09. The molecule has 0 aromatic carbocycles. The average Bonchev–Trinajstić information content (AvgIpc) is 2.76. The molecule has 0 aliphatic carbocycles. The lowest BCUT2D eigenvalue weighted by molar-refractivity contribution is 0.814. The number of aromatic nitrogens is 4. The summed E-state index contributed by atoms with van der Waals surface area (Å²) >= 11 is 0. The highest BCUT2D eigenvalue weighted by Gasteiger charge is 2.09. The molecular weight excluding hydrogens is 202 g/mol. The lowest BCUT2D eigenvalue weighted by atomic mass is 10.2. The quantitative estimate of drug-likeness (QED) is 0.846. The number of nitrogens with zero attached hydrogens (tertiary/aromatic N) is 4. The number of rotatable bonds is 3. The molecule has 2 heterocycles. The van der Waals surface area contributed by atoms with Crippen molar-refractivity contribution in [1.29, 1.82) is 0 Å². The van der Waals surface area contributed by atoms with E-state index in [1.54, 1.807) is 12.5 Å². The summed E-state index contributed by atoms with van der Waals surface area (Å²) in [4.78, 5) is 12.8. The molecule has 0 radical (unpaired) electrons. The SMILES string of the molecule is CCCc1nc(N)c(C)c(-n2ccnc2)n1. The Morgan fingerprint density at radius 2 is 2.19 bits per heavy atom. The zero-order chi connectivity index (χ0) is 11.5. The van der Waals surface area contributed by atoms with Gasteiger partial charge in [0.05, 0.1) is 0 Å². The molecular formula is C11H15N5. The fourth-order valence-electron chi connectivity index (χ4n) is 1.54. The van der Waals surface area contributed by atoms with Crippen LogP contribution in [0.2, 0.25) is 0 Å². The van der Waals surface area contributed by atoms with Gasteiger partial charge in [0.2, 0.25) is 0 Å². The standard InChI is InChI=1S/C11H15N5/c1-3-4-9-14-10(12)8(2)11(15-9)16-6-5-13-7-16/h5-7H,3-4H2,1-2H3,(H2,12,14,15). The number of anilines is 1. The van der Waals surface area contributed by atoms with Crippen molar-refractivity contribution in [2.45, 2.75) is 26.7 Å². The van der Waals surface area contributed by atoms with Gasteiger partial charge < -0.3 is 5.73 Å². The third-order valence-electron chi connectivity index (χ3n) is 2.43. The van der Waals surface area contributed by atoms with Gasteiger partial charge in [0.1, 0.15) is 23.8 Å². The van der Waals surface area contributed by atoms with Crippen molar-refractivity contribution in [3.05, 3.63) is 30.1 Å². The molecule has 0 saturated heterocycles. The largest absolute Gasteiger partial charge is 0.383 e. The first-order chi connectivity index (χ1) is 7.72. The van der Waals surface area contributed by atoms with Crippen molar-refractivity contribution in [3.8, 4) is 5.82 Å². The van der Waals surface area contributed by atoms with Gasteiger partial charge in [-0.25, -0.2) is 15.0 Å². The lowest BCUT2D eigenvalue weighted by Crippen LogP contribution is -2.08. The molecule has 0 aliphatic heterocycles. The Labute approximate surface area is 94.4 Å². The number of aryl methyl sites for hydroxylation is 1. The highest BCUT2D eigenvalue weighted by Crippen LogP contribution is 2.16. The third-order valence-corrected chi connectivity index (χ3v) is 2.43. The van der Waals surface area contributed by atoms with E-state index in [4.69, 9.17) is 5.73 Å². The Kier molecular flexibility index (Phi) is 2.85. The maximum absolute atomic E-state index is 5.87. The van der Waals surface area contributed by atoms with Gasteiger partial charge in [0, 0.05) is 24.4 Å². The summed E-state index contributed by atoms with van der Waals surface area (Å²) in [5.41, 5.74) is 6.76. The highest BCUT2D eigenvalue weighted by atomic mass is 15.1. The normalized spacial score (nSPS) is 10.6. The van der Waals surface area contributed by atoms with Crippen LogP contribution < -0.4 is 5.73 Å². The van der Waals surface area contributed by atoms with E-state index in [0.717, 1.165) is 30.0 Å². The van der Waals surface area contributed by atoms with Crippen LogP contribution in [0.1, 0.15) is 24.7 Å². The molecule has 0 spiro atoms. The van der Waals surface area contributed by atoms with Crippen LogP contribution in [0.4, 0.5) is 5.82 Å². The van der Waals surface area contributed by atoms with Crippen molar-refractivity contribution in [2.75, 3.05) is 5.73 Å². The predicted octanol–water partition coefficient (Wildman–Crippen LogP) is 1.51. The van der Waals surface area contributed by atoms with E-state index in [0.29, 0.717) is 5.82 Å². The number of hydrogen-bond acceptors (Lipinski definition) is 4. The molecule has 0 fully saturated rings. The van der Waals surface area contributed by atoms with Gasteiger partial charge in [0.25, 0.3) is 0 Å². The second kappa shape index (κ2) is 4.30. The van der Waals surface area contributed by atoms with Gasteiger partial charge in [-0.2, -0.15) is 0 Å². The first kappa shape index (κ1) is 10.6. The first-order valence-corrected chi connectivity index (χ1v) is 5.33. The summed E-state index contributed by atoms with van der Waals surface area (Å²) in [5, 5.41) is 0. The summed E-state index contributed by atoms with van der Waals surface area (Å²) in [5.74, 6) is 2.14. The minimum Gasteiger partial charge on any atom is -0.383 e. The minimum absolute atomic E-state index is 0.544. The molecule has 2 aromatic heterocycles. The van der Waals surface area contributed by atoms with Crippen LogP contribution in [0.3, 0.4) is 0 Å². The number of imidazole rings is 1. The van der Waals surface area contributed by atoms with Crippen LogP contribution in [0.25, 0.3) is 5.82 Å². The van der Waals surface area contributed by atoms with Crippen molar-refractivity contribution in [1.82, 2.24) is 19.5 Å². The maximum Gasteiger partial charge on any atom is 0.146 e. The van der Waals surface area contributed by atoms with E-state index >= 15 is 0 Å². The van der Waals surface area contributed by atoms with Gasteiger partial charge in [-0.15, -0.1) is 0 Å². The highest BCUT2D eigenvalue weighted by molar-refractivity contribution is 5.48. The van der Waals surface area contributed by atoms with Crippen molar-refractivity contribution < 1.29 is 0 Å². The summed E-state index contributed by atoms with van der Waals surface area (Å²) in [6, 6.07) is 0. The summed E-state index contributed by atoms with van der Waals surface area (Å²) < 4.78 is 1.85. The summed E-state index contributed by atoms with van der Waals surface area (Å²) in [6.45, 7) is 4.01. The average molecular weight is 217 g/mol. The molecule has 5 nitrogen and oxygen atoms in total. The monoisotopic (exact) mass is 217 g/mol. The zero-order valence-electron chi connectivity index (χ0n) is 9.51. The Hall–Kier alpha value is -1.91. The zero-order valence-corrected chi connectivity index (χ0v) is 9.51. The molecule has 0 unspecified atom stereocenters. The predicted molar refractivity (Wildman–Crippen MR) is 62.3 cm³/mol. The van der Waals surface area contributed by atoms with Gasteiger partial charge in [-0.05, 0) is 13.3 Å². The Balaban J connectivity index is 2.51. The van der Waals surface area contributed by atoms with Crippen LogP contribution in [0.5, 0.6) is 0 Å². The Morgan fingerprint density at radius 3 is 2.81 bits per heavy atom. The molecule has 0 saturated carbocycles. The van der Waals surface area contributed by atoms with E-state index in [9.17, 15) is 0 Å². The molecule has 84 valence electrons. The van der Waals surface area contributed by atoms with Crippen molar-refractivity contribution in [2.24, 2.45) is 0 Å². The van der Waals surface area contributed by atoms with E-state index in [1.807, 2.05) is 17.7 Å². The van der Waals surface area contributed by atoms with Gasteiger partial charge in [-0.1, -0.05) is 6.92 Å². The fourth-order valence-corrected chi connectivity index (χ4v) is 1.54. The second-order valence-electron chi connectivity index (χ2n) is 3.69. The van der Waals surface area contributed by atoms with Gasteiger partial charge >= 0.3 is 0 Å². The van der Waals surface area contributed by atoms with Gasteiger partial charge in [-0.3, -0.25) is 4.57 Å². The first-order valence-electron chi connectivity index (χ1n) is 5.33. The van der Waals surface area contributed by atoms with Crippen LogP contribution >= 0.6 is 0 Å². The molecule has 2 rings (SSSR count). The molecule has 16 heavy (non-hydrogen) atoms.